The van der Waals surface area contributed by atoms with Gasteiger partial charge in [-0.25, -0.2) is 0 Å². The molecule has 12 saturated carbocycles. The topological polar surface area (TPSA) is 78.8 Å². The summed E-state index contributed by atoms with van der Waals surface area (Å²) in [4.78, 5) is 10.9. The Morgan fingerprint density at radius 1 is 0.661 bits per heavy atom. The van der Waals surface area contributed by atoms with E-state index in [1.165, 1.54) is 44.8 Å². The minimum Gasteiger partial charge on any atom is -0.866 e. The molecule has 0 aromatic rings. The van der Waals surface area contributed by atoms with Crippen LogP contribution in [0.4, 0.5) is 43.9 Å². The zero-order valence-electron chi connectivity index (χ0n) is 30.9. The van der Waals surface area contributed by atoms with Crippen molar-refractivity contribution in [3.8, 4) is 0 Å². The first kappa shape index (κ1) is 44.5. The predicted molar refractivity (Wildman–Crippen MR) is 175 cm³/mol. The summed E-state index contributed by atoms with van der Waals surface area (Å²) in [7, 11) is 0. The van der Waals surface area contributed by atoms with Crippen molar-refractivity contribution in [2.75, 3.05) is 0 Å². The van der Waals surface area contributed by atoms with Gasteiger partial charge in [0.05, 0.1) is 0 Å². The summed E-state index contributed by atoms with van der Waals surface area (Å²) in [6, 6.07) is 0. The third-order valence-electron chi connectivity index (χ3n) is 15.9. The summed E-state index contributed by atoms with van der Waals surface area (Å²) in [5.74, 6) is -6.20. The van der Waals surface area contributed by atoms with Gasteiger partial charge in [-0.3, -0.25) is 0 Å². The van der Waals surface area contributed by atoms with E-state index in [4.69, 9.17) is 9.47 Å². The van der Waals surface area contributed by atoms with Gasteiger partial charge in [0.25, 0.3) is 6.08 Å². The van der Waals surface area contributed by atoms with E-state index in [2.05, 4.69) is 0 Å². The molecule has 13 rings (SSSR count). The van der Waals surface area contributed by atoms with Crippen LogP contribution in [0.1, 0.15) is 110 Å². The molecule has 314 valence electrons. The zero-order valence-corrected chi connectivity index (χ0v) is 30.9. The number of hydrogen-bond acceptors (Lipinski definition) is 5. The van der Waals surface area contributed by atoms with Crippen molar-refractivity contribution in [3.63, 3.8) is 0 Å². The van der Waals surface area contributed by atoms with E-state index in [0.29, 0.717) is 37.0 Å². The Hall–Kier alpha value is -1.01. The molecule has 3 unspecified atom stereocenters. The van der Waals surface area contributed by atoms with Gasteiger partial charge in [-0.15, -0.1) is 0 Å². The molecule has 56 heavy (non-hydrogen) atoms. The molecule has 16 heteroatoms. The molecule has 1 saturated heterocycles. The molecule has 0 aromatic heterocycles. The van der Waals surface area contributed by atoms with Crippen molar-refractivity contribution < 1.29 is 87.2 Å². The van der Waals surface area contributed by atoms with E-state index < -0.39 is 53.7 Å². The van der Waals surface area contributed by atoms with Crippen molar-refractivity contribution in [3.05, 3.63) is 11.8 Å². The Kier molecular flexibility index (Phi) is 12.3. The summed E-state index contributed by atoms with van der Waals surface area (Å²) >= 11 is 0. The van der Waals surface area contributed by atoms with Crippen molar-refractivity contribution in [1.82, 2.24) is 0 Å². The number of halogens is 10. The van der Waals surface area contributed by atoms with E-state index >= 15 is 8.78 Å². The minimum atomic E-state index is -5.61. The number of allylic oxidation sites excluding steroid dienone is 1. The van der Waals surface area contributed by atoms with Gasteiger partial charge in [0.1, 0.15) is 12.4 Å². The van der Waals surface area contributed by atoms with Crippen LogP contribution in [0, 0.1) is 82.3 Å². The second-order valence-corrected chi connectivity index (χ2v) is 19.3. The number of aliphatic hydroxyl groups is 1. The van der Waals surface area contributed by atoms with Crippen LogP contribution in [0.5, 0.6) is 0 Å². The third-order valence-corrected chi connectivity index (χ3v) is 15.9. The van der Waals surface area contributed by atoms with Gasteiger partial charge in [0.15, 0.2) is 6.29 Å². The van der Waals surface area contributed by atoms with Gasteiger partial charge < -0.3 is 24.5 Å². The quantitative estimate of drug-likeness (QED) is 0.147. The van der Waals surface area contributed by atoms with Gasteiger partial charge in [-0.2, -0.15) is 43.9 Å². The Labute approximate surface area is 333 Å². The molecule has 13 aliphatic rings. The number of aldehydes is 1. The standard InChI is InChI=1S/C25H33F5O3.C11H16O.C3HF5O.CH4.Li/c26-23(27)21(22-9-14-2-15(10-22)4-16(3-14)11-22)32-20(33-24(23,31)25(28,29)30)19-17-5-12-1-13(7-17)8-18(19)6-12;12-6-11-9-2-7-1-8(4-9)5-10(11)3-7;4-2(5)1(9)3(6,7)8;;/h12-21,31H,1-11H2;6-11H,1-5H2;9H;1H4;/q;;;;+1/p-1. The molecule has 12 aliphatic carbocycles. The smallest absolute Gasteiger partial charge is 0.866 e. The maximum atomic E-state index is 15.8. The van der Waals surface area contributed by atoms with E-state index in [1.807, 2.05) is 0 Å². The first-order valence-corrected chi connectivity index (χ1v) is 19.9. The van der Waals surface area contributed by atoms with E-state index in [-0.39, 0.29) is 61.8 Å². The summed E-state index contributed by atoms with van der Waals surface area (Å²) in [6.07, 6.45) is -0.273. The van der Waals surface area contributed by atoms with Crippen molar-refractivity contribution >= 4 is 6.29 Å². The van der Waals surface area contributed by atoms with Crippen LogP contribution in [0.15, 0.2) is 11.8 Å². The largest absolute Gasteiger partial charge is 1.00 e. The molecule has 1 heterocycles. The van der Waals surface area contributed by atoms with Crippen LogP contribution in [0.2, 0.25) is 0 Å². The predicted octanol–water partition coefficient (Wildman–Crippen LogP) is 6.82. The number of ether oxygens (including phenoxy) is 2. The van der Waals surface area contributed by atoms with Gasteiger partial charge in [-0.05, 0) is 168 Å². The number of hydrogen-bond donors (Lipinski definition) is 1. The fourth-order valence-corrected chi connectivity index (χ4v) is 14.8. The summed E-state index contributed by atoms with van der Waals surface area (Å²) in [5, 5.41) is 19.9. The first-order valence-electron chi connectivity index (χ1n) is 19.9. The number of rotatable bonds is 3. The fourth-order valence-electron chi connectivity index (χ4n) is 14.8. The van der Waals surface area contributed by atoms with Crippen LogP contribution in [-0.2, 0) is 14.3 Å². The average molecular weight is 811 g/mol. The molecular weight excluding hydrogens is 757 g/mol. The van der Waals surface area contributed by atoms with Gasteiger partial charge >= 0.3 is 42.9 Å². The Bertz CT molecular complexity index is 1370. The molecule has 0 radical (unpaired) electrons. The maximum Gasteiger partial charge on any atom is 1.00 e. The van der Waals surface area contributed by atoms with Gasteiger partial charge in [-0.1, -0.05) is 7.43 Å². The van der Waals surface area contributed by atoms with Crippen molar-refractivity contribution in [2.45, 2.75) is 147 Å². The number of alkyl halides is 8. The first-order chi connectivity index (χ1) is 25.2. The van der Waals surface area contributed by atoms with Crippen LogP contribution < -0.4 is 24.0 Å². The van der Waals surface area contributed by atoms with Crippen LogP contribution in [-0.4, -0.2) is 47.8 Å². The maximum absolute atomic E-state index is 15.8. The zero-order chi connectivity index (χ0) is 38.7. The summed E-state index contributed by atoms with van der Waals surface area (Å²) in [6.45, 7) is 0. The molecule has 12 bridgehead atoms. The van der Waals surface area contributed by atoms with Crippen LogP contribution >= 0.6 is 0 Å². The van der Waals surface area contributed by atoms with E-state index in [1.54, 1.807) is 0 Å². The number of carbonyl (C=O) groups excluding carboxylic acids is 1. The second-order valence-electron chi connectivity index (χ2n) is 19.3. The third kappa shape index (κ3) is 7.63. The summed E-state index contributed by atoms with van der Waals surface area (Å²) in [5.41, 5.74) is -1.01. The van der Waals surface area contributed by atoms with Crippen molar-refractivity contribution in [2.24, 2.45) is 82.3 Å². The molecular formula is C40H53F10LiO5. The monoisotopic (exact) mass is 810 g/mol. The molecule has 0 aromatic carbocycles. The Balaban J connectivity index is 0.000000190. The molecule has 5 nitrogen and oxygen atoms in total. The minimum absolute atomic E-state index is 0. The van der Waals surface area contributed by atoms with Crippen LogP contribution in [0.3, 0.4) is 0 Å². The SMILES string of the molecule is C.O=CC1C2CC3CC(C2)CC1C3.OC1(C(F)(F)F)OC(C2C3CC4CC(C3)CC2C4)OC(C23CC4CC(CC(C4)C2)C3)C1(F)F.[Li+].[O-]C(=C(F)F)C(F)(F)F. The van der Waals surface area contributed by atoms with Crippen LogP contribution in [0.25, 0.3) is 0 Å². The van der Waals surface area contributed by atoms with Crippen molar-refractivity contribution in [1.29, 1.82) is 0 Å². The molecule has 1 N–H and O–H groups in total. The molecule has 0 amide bonds. The van der Waals surface area contributed by atoms with Gasteiger partial charge in [0, 0.05) is 23.0 Å². The normalized spacial score (nSPS) is 48.4. The van der Waals surface area contributed by atoms with Gasteiger partial charge in [0.2, 0.25) is 0 Å². The van der Waals surface area contributed by atoms with E-state index in [9.17, 15) is 50.1 Å². The second kappa shape index (κ2) is 15.5. The molecule has 0 spiro atoms. The van der Waals surface area contributed by atoms with E-state index in [0.717, 1.165) is 68.6 Å². The average Bonchev–Trinajstić information content (AvgIpc) is 3.04. The molecule has 13 fully saturated rings. The summed E-state index contributed by atoms with van der Waals surface area (Å²) < 4.78 is 139. The molecule has 1 aliphatic heterocycles. The Morgan fingerprint density at radius 2 is 1.04 bits per heavy atom. The molecule has 3 atom stereocenters. The Morgan fingerprint density at radius 3 is 1.36 bits per heavy atom. The fraction of sp³-hybridized carbons (Fsp3) is 0.925. The number of carbonyl (C=O) groups is 1.